The van der Waals surface area contributed by atoms with Crippen LogP contribution >= 0.6 is 8.45 Å². The van der Waals surface area contributed by atoms with Crippen LogP contribution in [0.15, 0.2) is 0 Å². The Morgan fingerprint density at radius 3 is 2.08 bits per heavy atom. The van der Waals surface area contributed by atoms with Gasteiger partial charge in [0, 0.05) is 0 Å². The maximum Gasteiger partial charge on any atom is 0.186 e. The maximum absolute atomic E-state index is 8.31. The van der Waals surface area contributed by atoms with E-state index in [1.54, 1.807) is 0 Å². The van der Waals surface area contributed by atoms with Gasteiger partial charge < -0.3 is 4.52 Å². The number of nitriles is 1. The van der Waals surface area contributed by atoms with E-state index in [9.17, 15) is 0 Å². The highest BCUT2D eigenvalue weighted by atomic mass is 31.2. The third-order valence-corrected chi connectivity index (χ3v) is 2.89. The molecule has 0 spiro atoms. The molecule has 0 unspecified atom stereocenters. The average Bonchev–Trinajstić information content (AvgIpc) is 1.96. The lowest BCUT2D eigenvalue weighted by molar-refractivity contribution is 0.305. The molecule has 0 fully saturated rings. The van der Waals surface area contributed by atoms with Crippen molar-refractivity contribution in [1.29, 1.82) is 5.26 Å². The van der Waals surface area contributed by atoms with Gasteiger partial charge in [-0.05, 0) is 28.2 Å². The first-order valence-corrected chi connectivity index (χ1v) is 4.90. The summed E-state index contributed by atoms with van der Waals surface area (Å²) in [5.74, 6) is 0. The summed E-state index contributed by atoms with van der Waals surface area (Å²) < 4.78 is 9.54. The fourth-order valence-corrected chi connectivity index (χ4v) is 2.19. The summed E-state index contributed by atoms with van der Waals surface area (Å²) in [7, 11) is 7.21. The molecule has 0 bridgehead atoms. The summed E-state index contributed by atoms with van der Waals surface area (Å²) in [6.07, 6.45) is 0.459. The van der Waals surface area contributed by atoms with Crippen molar-refractivity contribution in [2.24, 2.45) is 0 Å². The van der Waals surface area contributed by atoms with E-state index in [1.807, 2.05) is 43.6 Å². The van der Waals surface area contributed by atoms with E-state index in [0.717, 1.165) is 0 Å². The molecule has 0 heterocycles. The zero-order valence-electron chi connectivity index (χ0n) is 8.11. The summed E-state index contributed by atoms with van der Waals surface area (Å²) >= 11 is 0. The molecule has 0 radical (unpaired) electrons. The molecule has 0 atom stereocenters. The minimum atomic E-state index is -0.675. The van der Waals surface area contributed by atoms with Crippen molar-refractivity contribution in [3.8, 4) is 6.07 Å². The van der Waals surface area contributed by atoms with Crippen LogP contribution in [0.1, 0.15) is 6.42 Å². The minimum absolute atomic E-state index is 0.459. The summed E-state index contributed by atoms with van der Waals surface area (Å²) in [6.45, 7) is 0.512. The van der Waals surface area contributed by atoms with Crippen molar-refractivity contribution >= 4 is 8.45 Å². The van der Waals surface area contributed by atoms with Crippen LogP contribution in [0.3, 0.4) is 0 Å². The Kier molecular flexibility index (Phi) is 6.23. The van der Waals surface area contributed by atoms with E-state index >= 15 is 0 Å². The third kappa shape index (κ3) is 4.63. The van der Waals surface area contributed by atoms with Crippen molar-refractivity contribution in [1.82, 2.24) is 9.34 Å². The van der Waals surface area contributed by atoms with Gasteiger partial charge in [0.05, 0.1) is 19.1 Å². The predicted molar refractivity (Wildman–Crippen MR) is 50.5 cm³/mol. The molecule has 0 aromatic rings. The molecule has 5 heteroatoms. The van der Waals surface area contributed by atoms with Gasteiger partial charge in [-0.3, -0.25) is 9.34 Å². The zero-order chi connectivity index (χ0) is 9.56. The molecule has 0 saturated carbocycles. The van der Waals surface area contributed by atoms with Gasteiger partial charge in [-0.25, -0.2) is 0 Å². The van der Waals surface area contributed by atoms with Crippen LogP contribution in [0.5, 0.6) is 0 Å². The monoisotopic (exact) mass is 189 g/mol. The highest BCUT2D eigenvalue weighted by molar-refractivity contribution is 7.47. The van der Waals surface area contributed by atoms with E-state index in [-0.39, 0.29) is 0 Å². The molecule has 0 amide bonds. The van der Waals surface area contributed by atoms with Crippen LogP contribution in [-0.4, -0.2) is 44.1 Å². The second-order valence-electron chi connectivity index (χ2n) is 2.69. The quantitative estimate of drug-likeness (QED) is 0.482. The Bertz CT molecular complexity index is 147. The summed E-state index contributed by atoms with van der Waals surface area (Å²) in [4.78, 5) is 0. The number of rotatable bonds is 5. The molecule has 0 aliphatic carbocycles. The smallest absolute Gasteiger partial charge is 0.186 e. The second kappa shape index (κ2) is 6.33. The van der Waals surface area contributed by atoms with Gasteiger partial charge in [0.1, 0.15) is 0 Å². The Morgan fingerprint density at radius 1 is 1.25 bits per heavy atom. The standard InChI is InChI=1S/C7H16N3OP/c1-9(2)12(10(3)4)11-7-5-6-8/h5,7H2,1-4H3. The first-order valence-electron chi connectivity index (χ1n) is 3.74. The van der Waals surface area contributed by atoms with Crippen LogP contribution in [0, 0.1) is 11.3 Å². The molecule has 0 aliphatic heterocycles. The second-order valence-corrected chi connectivity index (χ2v) is 5.05. The highest BCUT2D eigenvalue weighted by Gasteiger charge is 2.14. The van der Waals surface area contributed by atoms with Gasteiger partial charge >= 0.3 is 0 Å². The molecule has 0 aromatic heterocycles. The summed E-state index contributed by atoms with van der Waals surface area (Å²) in [5, 5.41) is 8.31. The third-order valence-electron chi connectivity index (χ3n) is 1.10. The van der Waals surface area contributed by atoms with Crippen LogP contribution in [-0.2, 0) is 4.52 Å². The van der Waals surface area contributed by atoms with Crippen LogP contribution in [0.2, 0.25) is 0 Å². The van der Waals surface area contributed by atoms with Crippen molar-refractivity contribution in [2.45, 2.75) is 6.42 Å². The fourth-order valence-electron chi connectivity index (χ4n) is 0.762. The molecule has 0 aromatic carbocycles. The van der Waals surface area contributed by atoms with E-state index in [1.165, 1.54) is 0 Å². The number of hydrogen-bond donors (Lipinski definition) is 0. The highest BCUT2D eigenvalue weighted by Crippen LogP contribution is 2.40. The van der Waals surface area contributed by atoms with E-state index in [4.69, 9.17) is 9.79 Å². The van der Waals surface area contributed by atoms with Gasteiger partial charge in [-0.2, -0.15) is 5.26 Å². The average molecular weight is 189 g/mol. The van der Waals surface area contributed by atoms with Gasteiger partial charge in [-0.1, -0.05) is 0 Å². The Balaban J connectivity index is 3.74. The SMILES string of the molecule is CN(C)P(OCCC#N)N(C)C. The Morgan fingerprint density at radius 2 is 1.75 bits per heavy atom. The predicted octanol–water partition coefficient (Wildman–Crippen LogP) is 1.27. The lowest BCUT2D eigenvalue weighted by atomic mass is 10.5. The van der Waals surface area contributed by atoms with Crippen molar-refractivity contribution in [3.63, 3.8) is 0 Å². The van der Waals surface area contributed by atoms with Crippen molar-refractivity contribution in [3.05, 3.63) is 0 Å². The first-order chi connectivity index (χ1) is 5.59. The zero-order valence-corrected chi connectivity index (χ0v) is 9.01. The lowest BCUT2D eigenvalue weighted by Gasteiger charge is -2.28. The maximum atomic E-state index is 8.31. The fraction of sp³-hybridized carbons (Fsp3) is 0.857. The molecule has 12 heavy (non-hydrogen) atoms. The van der Waals surface area contributed by atoms with E-state index < -0.39 is 8.45 Å². The summed E-state index contributed by atoms with van der Waals surface area (Å²) in [6, 6.07) is 2.05. The number of hydrogen-bond acceptors (Lipinski definition) is 4. The van der Waals surface area contributed by atoms with E-state index in [2.05, 4.69) is 0 Å². The molecule has 0 saturated heterocycles. The van der Waals surface area contributed by atoms with Gasteiger partial charge in [0.25, 0.3) is 0 Å². The lowest BCUT2D eigenvalue weighted by Crippen LogP contribution is -2.18. The van der Waals surface area contributed by atoms with Crippen LogP contribution < -0.4 is 0 Å². The molecule has 4 nitrogen and oxygen atoms in total. The molecule has 70 valence electrons. The Hall–Kier alpha value is -0.200. The van der Waals surface area contributed by atoms with Gasteiger partial charge in [0.2, 0.25) is 0 Å². The molecular formula is C7H16N3OP. The van der Waals surface area contributed by atoms with Crippen LogP contribution in [0.25, 0.3) is 0 Å². The first kappa shape index (κ1) is 11.8. The van der Waals surface area contributed by atoms with Gasteiger partial charge in [0.15, 0.2) is 8.45 Å². The van der Waals surface area contributed by atoms with Gasteiger partial charge in [-0.15, -0.1) is 0 Å². The van der Waals surface area contributed by atoms with Crippen LogP contribution in [0.4, 0.5) is 0 Å². The Labute approximate surface area is 75.7 Å². The largest absolute Gasteiger partial charge is 0.330 e. The number of nitrogens with zero attached hydrogens (tertiary/aromatic N) is 3. The van der Waals surface area contributed by atoms with E-state index in [0.29, 0.717) is 13.0 Å². The van der Waals surface area contributed by atoms with Crippen molar-refractivity contribution < 1.29 is 4.52 Å². The topological polar surface area (TPSA) is 39.5 Å². The summed E-state index contributed by atoms with van der Waals surface area (Å²) in [5.41, 5.74) is 0. The normalized spacial score (nSPS) is 11.2. The molecule has 0 N–H and O–H groups in total. The van der Waals surface area contributed by atoms with Crippen molar-refractivity contribution in [2.75, 3.05) is 34.8 Å². The molecule has 0 rings (SSSR count). The molecular weight excluding hydrogens is 173 g/mol. The minimum Gasteiger partial charge on any atom is -0.330 e. The molecule has 0 aliphatic rings.